The van der Waals surface area contributed by atoms with Gasteiger partial charge in [-0.1, -0.05) is 30.3 Å². The average Bonchev–Trinajstić information content (AvgIpc) is 2.66. The van der Waals surface area contributed by atoms with Crippen molar-refractivity contribution in [3.63, 3.8) is 0 Å². The maximum Gasteiger partial charge on any atom is 0.344 e. The number of carbonyl (C=O) groups excluding carboxylic acids is 1. The van der Waals surface area contributed by atoms with Gasteiger partial charge < -0.3 is 14.5 Å². The molecule has 1 amide bonds. The van der Waals surface area contributed by atoms with Crippen LogP contribution in [0.15, 0.2) is 63.8 Å². The number of aryl methyl sites for hydroxylation is 1. The van der Waals surface area contributed by atoms with Gasteiger partial charge in [-0.25, -0.2) is 4.79 Å². The normalized spacial score (nSPS) is 11.9. The molecule has 0 radical (unpaired) electrons. The van der Waals surface area contributed by atoms with Crippen LogP contribution in [0.5, 0.6) is 5.75 Å². The van der Waals surface area contributed by atoms with Gasteiger partial charge in [-0.2, -0.15) is 0 Å². The molecular weight excluding hydrogens is 330 g/mol. The summed E-state index contributed by atoms with van der Waals surface area (Å²) in [5, 5.41) is 3.91. The fourth-order valence-corrected chi connectivity index (χ4v) is 2.81. The van der Waals surface area contributed by atoms with Crippen LogP contribution in [-0.4, -0.2) is 19.1 Å². The van der Waals surface area contributed by atoms with Crippen LogP contribution in [0.1, 0.15) is 29.5 Å². The van der Waals surface area contributed by atoms with Crippen molar-refractivity contribution in [1.29, 1.82) is 0 Å². The third kappa shape index (κ3) is 4.11. The number of amides is 1. The number of hydrogen-bond acceptors (Lipinski definition) is 4. The number of fused-ring (bicyclic) bond motifs is 1. The van der Waals surface area contributed by atoms with E-state index in [9.17, 15) is 9.59 Å². The first-order valence-corrected chi connectivity index (χ1v) is 8.53. The van der Waals surface area contributed by atoms with Gasteiger partial charge in [0.25, 0.3) is 5.91 Å². The molecule has 134 valence electrons. The molecule has 1 heterocycles. The van der Waals surface area contributed by atoms with Crippen LogP contribution >= 0.6 is 0 Å². The summed E-state index contributed by atoms with van der Waals surface area (Å²) in [5.41, 5.74) is 0.685. The minimum absolute atomic E-state index is 0.00214. The number of nitrogens with one attached hydrogen (secondary N) is 1. The molecule has 1 atom stereocenters. The highest BCUT2D eigenvalue weighted by atomic mass is 16.5. The molecule has 0 saturated heterocycles. The zero-order valence-electron chi connectivity index (χ0n) is 14.8. The number of benzene rings is 2. The van der Waals surface area contributed by atoms with E-state index in [1.54, 1.807) is 31.4 Å². The minimum atomic E-state index is -0.535. The molecule has 5 heteroatoms. The second kappa shape index (κ2) is 7.87. The average molecular weight is 351 g/mol. The summed E-state index contributed by atoms with van der Waals surface area (Å²) in [6.07, 6.45) is 1.66. The lowest BCUT2D eigenvalue weighted by molar-refractivity contribution is 0.0906. The first-order chi connectivity index (χ1) is 12.6. The molecule has 0 aliphatic rings. The van der Waals surface area contributed by atoms with Crippen molar-refractivity contribution in [3.8, 4) is 5.75 Å². The summed E-state index contributed by atoms with van der Waals surface area (Å²) in [7, 11) is 1.55. The first kappa shape index (κ1) is 17.7. The Labute approximate surface area is 151 Å². The summed E-state index contributed by atoms with van der Waals surface area (Å²) in [5.74, 6) is 0.223. The Kier molecular flexibility index (Phi) is 5.37. The lowest BCUT2D eigenvalue weighted by Gasteiger charge is -2.13. The van der Waals surface area contributed by atoms with E-state index >= 15 is 0 Å². The maximum atomic E-state index is 12.4. The zero-order valence-corrected chi connectivity index (χ0v) is 14.8. The van der Waals surface area contributed by atoms with E-state index in [4.69, 9.17) is 9.15 Å². The molecule has 0 aliphatic carbocycles. The van der Waals surface area contributed by atoms with Crippen molar-refractivity contribution in [2.75, 3.05) is 7.11 Å². The molecule has 0 spiro atoms. The van der Waals surface area contributed by atoms with Gasteiger partial charge in [0.1, 0.15) is 5.75 Å². The molecule has 3 aromatic rings. The first-order valence-electron chi connectivity index (χ1n) is 8.53. The van der Waals surface area contributed by atoms with Crippen LogP contribution in [0, 0.1) is 0 Å². The minimum Gasteiger partial charge on any atom is -0.497 e. The highest BCUT2D eigenvalue weighted by molar-refractivity contribution is 5.95. The van der Waals surface area contributed by atoms with Gasteiger partial charge in [-0.15, -0.1) is 0 Å². The predicted octanol–water partition coefficient (Wildman–Crippen LogP) is 3.55. The molecule has 0 bridgehead atoms. The summed E-state index contributed by atoms with van der Waals surface area (Å²) in [6, 6.07) is 16.6. The van der Waals surface area contributed by atoms with Crippen molar-refractivity contribution >= 4 is 16.7 Å². The quantitative estimate of drug-likeness (QED) is 0.737. The number of hydrogen-bond donors (Lipinski definition) is 1. The van der Waals surface area contributed by atoms with E-state index in [2.05, 4.69) is 17.4 Å². The Balaban J connectivity index is 1.71. The SMILES string of the molecule is COc1ccc2c(=O)oc(C(=O)NC(C)CCc3ccccc3)cc2c1. The Hall–Kier alpha value is -3.08. The topological polar surface area (TPSA) is 68.5 Å². The van der Waals surface area contributed by atoms with Gasteiger partial charge in [0, 0.05) is 6.04 Å². The Bertz CT molecular complexity index is 963. The predicted molar refractivity (Wildman–Crippen MR) is 101 cm³/mol. The van der Waals surface area contributed by atoms with Gasteiger partial charge in [0.2, 0.25) is 0 Å². The smallest absolute Gasteiger partial charge is 0.344 e. The summed E-state index contributed by atoms with van der Waals surface area (Å²) in [4.78, 5) is 24.6. The molecule has 26 heavy (non-hydrogen) atoms. The Morgan fingerprint density at radius 2 is 1.92 bits per heavy atom. The van der Waals surface area contributed by atoms with Crippen molar-refractivity contribution in [2.45, 2.75) is 25.8 Å². The van der Waals surface area contributed by atoms with Crippen molar-refractivity contribution in [1.82, 2.24) is 5.32 Å². The molecule has 1 unspecified atom stereocenters. The van der Waals surface area contributed by atoms with E-state index in [1.165, 1.54) is 5.56 Å². The second-order valence-corrected chi connectivity index (χ2v) is 6.25. The largest absolute Gasteiger partial charge is 0.497 e. The van der Waals surface area contributed by atoms with Gasteiger partial charge in [0.05, 0.1) is 12.5 Å². The summed E-state index contributed by atoms with van der Waals surface area (Å²) in [6.45, 7) is 1.93. The van der Waals surface area contributed by atoms with Crippen LogP contribution in [0.25, 0.3) is 10.8 Å². The standard InChI is InChI=1S/C21H21NO4/c1-14(8-9-15-6-4-3-5-7-15)22-20(23)19-13-16-12-17(25-2)10-11-18(16)21(24)26-19/h3-7,10-14H,8-9H2,1-2H3,(H,22,23). The van der Waals surface area contributed by atoms with E-state index in [-0.39, 0.29) is 11.8 Å². The molecule has 5 nitrogen and oxygen atoms in total. The fraction of sp³-hybridized carbons (Fsp3) is 0.238. The fourth-order valence-electron chi connectivity index (χ4n) is 2.81. The van der Waals surface area contributed by atoms with Crippen LogP contribution < -0.4 is 15.7 Å². The molecule has 1 aromatic heterocycles. The maximum absolute atomic E-state index is 12.4. The zero-order chi connectivity index (χ0) is 18.5. The summed E-state index contributed by atoms with van der Waals surface area (Å²) < 4.78 is 10.3. The van der Waals surface area contributed by atoms with Gasteiger partial charge in [-0.3, -0.25) is 4.79 Å². The van der Waals surface area contributed by atoms with Crippen molar-refractivity contribution in [2.24, 2.45) is 0 Å². The Morgan fingerprint density at radius 3 is 2.65 bits per heavy atom. The number of methoxy groups -OCH3 is 1. The highest BCUT2D eigenvalue weighted by Crippen LogP contribution is 2.19. The summed E-state index contributed by atoms with van der Waals surface area (Å²) >= 11 is 0. The van der Waals surface area contributed by atoms with Crippen molar-refractivity contribution in [3.05, 3.63) is 76.3 Å². The second-order valence-electron chi connectivity index (χ2n) is 6.25. The van der Waals surface area contributed by atoms with Gasteiger partial charge >= 0.3 is 5.63 Å². The monoisotopic (exact) mass is 351 g/mol. The Morgan fingerprint density at radius 1 is 1.15 bits per heavy atom. The van der Waals surface area contributed by atoms with Crippen LogP contribution in [0.2, 0.25) is 0 Å². The molecule has 0 fully saturated rings. The van der Waals surface area contributed by atoms with Crippen LogP contribution in [0.4, 0.5) is 0 Å². The molecule has 3 rings (SSSR count). The van der Waals surface area contributed by atoms with Gasteiger partial charge in [-0.05, 0) is 55.0 Å². The lowest BCUT2D eigenvalue weighted by Crippen LogP contribution is -2.33. The number of carbonyl (C=O) groups is 1. The molecular formula is C21H21NO4. The third-order valence-corrected chi connectivity index (χ3v) is 4.28. The molecule has 0 aliphatic heterocycles. The third-order valence-electron chi connectivity index (χ3n) is 4.28. The van der Waals surface area contributed by atoms with E-state index in [0.29, 0.717) is 16.5 Å². The van der Waals surface area contributed by atoms with E-state index < -0.39 is 11.5 Å². The van der Waals surface area contributed by atoms with E-state index in [0.717, 1.165) is 12.8 Å². The van der Waals surface area contributed by atoms with Crippen molar-refractivity contribution < 1.29 is 13.9 Å². The molecule has 2 aromatic carbocycles. The van der Waals surface area contributed by atoms with E-state index in [1.807, 2.05) is 25.1 Å². The number of ether oxygens (including phenoxy) is 1. The number of rotatable bonds is 6. The highest BCUT2D eigenvalue weighted by Gasteiger charge is 2.15. The van der Waals surface area contributed by atoms with Crippen LogP contribution in [-0.2, 0) is 6.42 Å². The van der Waals surface area contributed by atoms with Crippen LogP contribution in [0.3, 0.4) is 0 Å². The molecule has 1 N–H and O–H groups in total. The molecule has 0 saturated carbocycles. The van der Waals surface area contributed by atoms with Gasteiger partial charge in [0.15, 0.2) is 5.76 Å². The lowest BCUT2D eigenvalue weighted by atomic mass is 10.1.